The number of carbonyl (C=O) groups is 1. The largest absolute Gasteiger partial charge is 0.365 e. The first-order valence-corrected chi connectivity index (χ1v) is 12.4. The third-order valence-electron chi connectivity index (χ3n) is 6.22. The molecule has 0 radical (unpaired) electrons. The summed E-state index contributed by atoms with van der Waals surface area (Å²) in [6, 6.07) is 8.46. The number of hydrogen-bond acceptors (Lipinski definition) is 8. The molecule has 3 aromatic rings. The molecule has 0 spiro atoms. The van der Waals surface area contributed by atoms with E-state index in [0.29, 0.717) is 12.6 Å². The fraction of sp³-hybridized carbons (Fsp3) is 0.440. The maximum atomic E-state index is 12.0. The summed E-state index contributed by atoms with van der Waals surface area (Å²) in [7, 11) is 0. The highest BCUT2D eigenvalue weighted by molar-refractivity contribution is 7.21. The second-order valence-corrected chi connectivity index (χ2v) is 10.8. The van der Waals surface area contributed by atoms with Gasteiger partial charge in [-0.25, -0.2) is 15.0 Å². The summed E-state index contributed by atoms with van der Waals surface area (Å²) in [6.07, 6.45) is 4.02. The zero-order chi connectivity index (χ0) is 24.3. The topological polar surface area (TPSA) is 95.1 Å². The lowest BCUT2D eigenvalue weighted by atomic mass is 9.88. The average molecular weight is 480 g/mol. The Morgan fingerprint density at radius 3 is 2.85 bits per heavy atom. The van der Waals surface area contributed by atoms with Gasteiger partial charge in [-0.1, -0.05) is 38.7 Å². The number of likely N-dealkylation sites (tertiary alicyclic amines) is 1. The zero-order valence-corrected chi connectivity index (χ0v) is 21.1. The van der Waals surface area contributed by atoms with Crippen LogP contribution in [0.15, 0.2) is 43.1 Å². The quantitative estimate of drug-likeness (QED) is 0.408. The fourth-order valence-electron chi connectivity index (χ4n) is 3.75. The molecule has 3 N–H and O–H groups in total. The summed E-state index contributed by atoms with van der Waals surface area (Å²) in [6.45, 7) is 14.6. The Morgan fingerprint density at radius 2 is 2.12 bits per heavy atom. The van der Waals surface area contributed by atoms with E-state index < -0.39 is 0 Å². The third kappa shape index (κ3) is 5.90. The number of nitrogens with zero attached hydrogens (tertiary/aromatic N) is 4. The van der Waals surface area contributed by atoms with Gasteiger partial charge in [0.15, 0.2) is 5.13 Å². The molecule has 2 atom stereocenters. The van der Waals surface area contributed by atoms with E-state index in [-0.39, 0.29) is 17.4 Å². The molecule has 1 amide bonds. The van der Waals surface area contributed by atoms with Gasteiger partial charge in [0, 0.05) is 37.9 Å². The monoisotopic (exact) mass is 479 g/mol. The second-order valence-electron chi connectivity index (χ2n) is 9.80. The highest BCUT2D eigenvalue weighted by Gasteiger charge is 2.25. The van der Waals surface area contributed by atoms with Crippen LogP contribution in [-0.4, -0.2) is 50.9 Å². The number of rotatable bonds is 8. The van der Waals surface area contributed by atoms with Crippen molar-refractivity contribution in [2.75, 3.05) is 23.7 Å². The Bertz CT molecular complexity index is 1140. The first-order valence-electron chi connectivity index (χ1n) is 11.6. The number of fused-ring (bicyclic) bond motifs is 1. The van der Waals surface area contributed by atoms with Gasteiger partial charge in [-0.05, 0) is 54.7 Å². The lowest BCUT2D eigenvalue weighted by molar-refractivity contribution is -0.125. The minimum Gasteiger partial charge on any atom is -0.365 e. The summed E-state index contributed by atoms with van der Waals surface area (Å²) < 4.78 is 0. The Morgan fingerprint density at radius 1 is 1.32 bits per heavy atom. The summed E-state index contributed by atoms with van der Waals surface area (Å²) in [5, 5.41) is 11.3. The first kappa shape index (κ1) is 24.1. The van der Waals surface area contributed by atoms with Gasteiger partial charge in [-0.3, -0.25) is 4.79 Å². The number of nitrogens with one attached hydrogen (secondary N) is 3. The lowest BCUT2D eigenvalue weighted by Gasteiger charge is -2.28. The SMILES string of the molecule is C=CC(=O)N1CC[C@@H](Nc2cc(CNC(C)C(C)(C)C)cc(Nc3nc4cccnc4s3)n2)C1. The van der Waals surface area contributed by atoms with Crippen molar-refractivity contribution >= 4 is 44.4 Å². The molecule has 8 nitrogen and oxygen atoms in total. The molecule has 4 heterocycles. The van der Waals surface area contributed by atoms with Crippen molar-refractivity contribution in [3.8, 4) is 0 Å². The predicted octanol–water partition coefficient (Wildman–Crippen LogP) is 4.55. The van der Waals surface area contributed by atoms with Gasteiger partial charge in [0.2, 0.25) is 5.91 Å². The summed E-state index contributed by atoms with van der Waals surface area (Å²) >= 11 is 1.50. The van der Waals surface area contributed by atoms with Crippen LogP contribution in [0.4, 0.5) is 16.8 Å². The number of carbonyl (C=O) groups excluding carboxylic acids is 1. The normalized spacial score (nSPS) is 17.1. The second kappa shape index (κ2) is 10.1. The predicted molar refractivity (Wildman–Crippen MR) is 139 cm³/mol. The van der Waals surface area contributed by atoms with E-state index in [0.717, 1.165) is 52.2 Å². The molecule has 4 rings (SSSR count). The van der Waals surface area contributed by atoms with Crippen molar-refractivity contribution in [1.29, 1.82) is 0 Å². The van der Waals surface area contributed by atoms with E-state index in [1.807, 2.05) is 17.0 Å². The van der Waals surface area contributed by atoms with Crippen LogP contribution >= 0.6 is 11.3 Å². The molecule has 0 aromatic carbocycles. The van der Waals surface area contributed by atoms with Crippen molar-refractivity contribution in [3.63, 3.8) is 0 Å². The molecule has 0 saturated carbocycles. The standard InChI is InChI=1S/C25H33N7OS/c1-6-22(33)32-11-9-18(15-32)28-20-12-17(14-27-16(2)25(3,4)5)13-21(30-20)31-24-29-19-8-7-10-26-23(19)34-24/h6-8,10,12-13,16,18,27H,1,9,11,14-15H2,2-5H3,(H2,28,29,30,31)/t16?,18-/m1/s1. The van der Waals surface area contributed by atoms with E-state index in [2.05, 4.69) is 72.3 Å². The Labute approximate surface area is 204 Å². The van der Waals surface area contributed by atoms with Crippen LogP contribution in [0.5, 0.6) is 0 Å². The van der Waals surface area contributed by atoms with Crippen LogP contribution in [0.3, 0.4) is 0 Å². The lowest BCUT2D eigenvalue weighted by Crippen LogP contribution is -2.37. The maximum absolute atomic E-state index is 12.0. The molecule has 180 valence electrons. The molecule has 1 unspecified atom stereocenters. The van der Waals surface area contributed by atoms with E-state index in [1.54, 1.807) is 6.20 Å². The smallest absolute Gasteiger partial charge is 0.246 e. The Kier molecular flexibility index (Phi) is 7.13. The number of thiazole rings is 1. The van der Waals surface area contributed by atoms with Gasteiger partial charge >= 0.3 is 0 Å². The van der Waals surface area contributed by atoms with Gasteiger partial charge in [0.25, 0.3) is 0 Å². The van der Waals surface area contributed by atoms with Crippen LogP contribution in [0.25, 0.3) is 10.3 Å². The number of hydrogen-bond donors (Lipinski definition) is 3. The van der Waals surface area contributed by atoms with Crippen molar-refractivity contribution in [3.05, 3.63) is 48.7 Å². The van der Waals surface area contributed by atoms with Crippen molar-refractivity contribution in [1.82, 2.24) is 25.2 Å². The zero-order valence-electron chi connectivity index (χ0n) is 20.3. The molecule has 1 aliphatic heterocycles. The number of amides is 1. The van der Waals surface area contributed by atoms with E-state index in [4.69, 9.17) is 4.98 Å². The minimum absolute atomic E-state index is 0.0295. The first-order chi connectivity index (χ1) is 16.2. The number of anilines is 3. The molecule has 1 aliphatic rings. The Balaban J connectivity index is 1.54. The molecular formula is C25H33N7OS. The molecule has 3 aromatic heterocycles. The van der Waals surface area contributed by atoms with E-state index in [1.165, 1.54) is 17.4 Å². The van der Waals surface area contributed by atoms with Gasteiger partial charge in [0.05, 0.1) is 0 Å². The summed E-state index contributed by atoms with van der Waals surface area (Å²) in [4.78, 5) is 28.5. The highest BCUT2D eigenvalue weighted by atomic mass is 32.1. The Hall–Kier alpha value is -3.04. The number of aromatic nitrogens is 3. The molecular weight excluding hydrogens is 446 g/mol. The van der Waals surface area contributed by atoms with Crippen molar-refractivity contribution in [2.24, 2.45) is 5.41 Å². The minimum atomic E-state index is -0.0295. The molecule has 34 heavy (non-hydrogen) atoms. The van der Waals surface area contributed by atoms with Crippen LogP contribution < -0.4 is 16.0 Å². The van der Waals surface area contributed by atoms with Gasteiger partial charge in [-0.15, -0.1) is 0 Å². The molecule has 1 fully saturated rings. The van der Waals surface area contributed by atoms with Gasteiger partial charge in [-0.2, -0.15) is 0 Å². The van der Waals surface area contributed by atoms with E-state index >= 15 is 0 Å². The number of pyridine rings is 2. The third-order valence-corrected chi connectivity index (χ3v) is 7.12. The molecule has 9 heteroatoms. The van der Waals surface area contributed by atoms with Gasteiger partial charge in [0.1, 0.15) is 22.0 Å². The van der Waals surface area contributed by atoms with Crippen LogP contribution in [-0.2, 0) is 11.3 Å². The van der Waals surface area contributed by atoms with Gasteiger partial charge < -0.3 is 20.9 Å². The van der Waals surface area contributed by atoms with Crippen molar-refractivity contribution in [2.45, 2.75) is 52.7 Å². The van der Waals surface area contributed by atoms with Crippen molar-refractivity contribution < 1.29 is 4.79 Å². The van der Waals surface area contributed by atoms with E-state index in [9.17, 15) is 4.79 Å². The summed E-state index contributed by atoms with van der Waals surface area (Å²) in [5.41, 5.74) is 2.14. The van der Waals surface area contributed by atoms with Crippen LogP contribution in [0.1, 0.15) is 39.7 Å². The van der Waals surface area contributed by atoms with Crippen LogP contribution in [0.2, 0.25) is 0 Å². The fourth-order valence-corrected chi connectivity index (χ4v) is 4.57. The summed E-state index contributed by atoms with van der Waals surface area (Å²) in [5.74, 6) is 1.47. The molecule has 1 saturated heterocycles. The van der Waals surface area contributed by atoms with Crippen LogP contribution in [0, 0.1) is 5.41 Å². The molecule has 0 aliphatic carbocycles. The average Bonchev–Trinajstić information content (AvgIpc) is 3.42. The highest BCUT2D eigenvalue weighted by Crippen LogP contribution is 2.28. The molecule has 0 bridgehead atoms. The maximum Gasteiger partial charge on any atom is 0.246 e.